The number of hydrogen-bond acceptors (Lipinski definition) is 7. The zero-order valence-corrected chi connectivity index (χ0v) is 10.9. The number of rotatable bonds is 9. The fraction of sp³-hybridized carbons (Fsp3) is 0.636. The number of aliphatic hydroxyl groups is 1. The van der Waals surface area contributed by atoms with E-state index in [-0.39, 0.29) is 18.1 Å². The van der Waals surface area contributed by atoms with Crippen LogP contribution >= 0.6 is 0 Å². The summed E-state index contributed by atoms with van der Waals surface area (Å²) in [7, 11) is 0. The summed E-state index contributed by atoms with van der Waals surface area (Å²) in [5, 5.41) is 25.4. The van der Waals surface area contributed by atoms with Crippen molar-refractivity contribution in [2.24, 2.45) is 0 Å². The van der Waals surface area contributed by atoms with E-state index in [0.29, 0.717) is 19.0 Å². The molecule has 19 heavy (non-hydrogen) atoms. The molecule has 8 nitrogen and oxygen atoms in total. The molecule has 0 fully saturated rings. The van der Waals surface area contributed by atoms with E-state index in [4.69, 9.17) is 5.11 Å². The van der Waals surface area contributed by atoms with Crippen LogP contribution in [-0.4, -0.2) is 39.7 Å². The number of unbranched alkanes of at least 4 members (excludes halogenated alkanes) is 2. The van der Waals surface area contributed by atoms with Crippen LogP contribution in [0.25, 0.3) is 0 Å². The standard InChI is InChI=1S/C11H19N5O3/c1-2-12-11-14-8-9(16(18)19)10(15-11)13-6-4-3-5-7-17/h8,17H,2-7H2,1H3,(H2,12,13,14,15). The van der Waals surface area contributed by atoms with Crippen LogP contribution in [0.2, 0.25) is 0 Å². The Morgan fingerprint density at radius 3 is 2.79 bits per heavy atom. The van der Waals surface area contributed by atoms with Gasteiger partial charge in [-0.25, -0.2) is 4.98 Å². The van der Waals surface area contributed by atoms with Gasteiger partial charge >= 0.3 is 5.69 Å². The summed E-state index contributed by atoms with van der Waals surface area (Å²) in [5.41, 5.74) is -0.135. The van der Waals surface area contributed by atoms with Crippen molar-refractivity contribution in [2.75, 3.05) is 30.3 Å². The molecule has 3 N–H and O–H groups in total. The molecule has 0 saturated heterocycles. The first-order chi connectivity index (χ1) is 9.19. The Morgan fingerprint density at radius 2 is 2.16 bits per heavy atom. The van der Waals surface area contributed by atoms with Crippen molar-refractivity contribution in [2.45, 2.75) is 26.2 Å². The van der Waals surface area contributed by atoms with Crippen LogP contribution in [-0.2, 0) is 0 Å². The van der Waals surface area contributed by atoms with Crippen LogP contribution in [0.5, 0.6) is 0 Å². The molecule has 0 aliphatic carbocycles. The maximum Gasteiger partial charge on any atom is 0.329 e. The van der Waals surface area contributed by atoms with Crippen LogP contribution in [0, 0.1) is 10.1 Å². The maximum absolute atomic E-state index is 10.9. The van der Waals surface area contributed by atoms with E-state index in [9.17, 15) is 10.1 Å². The van der Waals surface area contributed by atoms with Gasteiger partial charge in [-0.1, -0.05) is 0 Å². The van der Waals surface area contributed by atoms with Crippen molar-refractivity contribution in [1.29, 1.82) is 0 Å². The predicted octanol–water partition coefficient (Wildman–Crippen LogP) is 1.39. The number of aromatic nitrogens is 2. The van der Waals surface area contributed by atoms with Gasteiger partial charge in [0.25, 0.3) is 0 Å². The van der Waals surface area contributed by atoms with Crippen LogP contribution in [0.15, 0.2) is 6.20 Å². The molecule has 1 heterocycles. The second kappa shape index (κ2) is 8.20. The molecule has 1 aromatic heterocycles. The lowest BCUT2D eigenvalue weighted by atomic mass is 10.2. The topological polar surface area (TPSA) is 113 Å². The molecular weight excluding hydrogens is 250 g/mol. The Hall–Kier alpha value is -1.96. The second-order valence-electron chi connectivity index (χ2n) is 3.93. The van der Waals surface area contributed by atoms with Crippen molar-refractivity contribution in [3.05, 3.63) is 16.3 Å². The number of nitrogens with one attached hydrogen (secondary N) is 2. The van der Waals surface area contributed by atoms with Gasteiger partial charge in [-0.05, 0) is 26.2 Å². The van der Waals surface area contributed by atoms with Crippen molar-refractivity contribution < 1.29 is 10.0 Å². The lowest BCUT2D eigenvalue weighted by Crippen LogP contribution is -2.10. The van der Waals surface area contributed by atoms with Crippen molar-refractivity contribution in [3.8, 4) is 0 Å². The molecule has 1 rings (SSSR count). The molecule has 0 spiro atoms. The SMILES string of the molecule is CCNc1ncc([N+](=O)[O-])c(NCCCCCO)n1. The third-order valence-electron chi connectivity index (χ3n) is 2.43. The van der Waals surface area contributed by atoms with E-state index < -0.39 is 4.92 Å². The summed E-state index contributed by atoms with van der Waals surface area (Å²) in [6.07, 6.45) is 3.61. The number of nitrogens with zero attached hydrogens (tertiary/aromatic N) is 3. The first-order valence-corrected chi connectivity index (χ1v) is 6.29. The maximum atomic E-state index is 10.9. The first-order valence-electron chi connectivity index (χ1n) is 6.29. The molecule has 0 aliphatic heterocycles. The molecule has 8 heteroatoms. The van der Waals surface area contributed by atoms with Gasteiger partial charge in [-0.15, -0.1) is 0 Å². The highest BCUT2D eigenvalue weighted by molar-refractivity contribution is 5.56. The van der Waals surface area contributed by atoms with Crippen molar-refractivity contribution in [3.63, 3.8) is 0 Å². The summed E-state index contributed by atoms with van der Waals surface area (Å²) in [5.74, 6) is 0.589. The highest BCUT2D eigenvalue weighted by Gasteiger charge is 2.16. The summed E-state index contributed by atoms with van der Waals surface area (Å²) < 4.78 is 0. The Kier molecular flexibility index (Phi) is 6.51. The molecule has 1 aromatic rings. The smallest absolute Gasteiger partial charge is 0.329 e. The first kappa shape index (κ1) is 15.1. The van der Waals surface area contributed by atoms with Gasteiger partial charge in [0.1, 0.15) is 6.20 Å². The highest BCUT2D eigenvalue weighted by Crippen LogP contribution is 2.21. The van der Waals surface area contributed by atoms with Crippen LogP contribution in [0.3, 0.4) is 0 Å². The van der Waals surface area contributed by atoms with Crippen LogP contribution < -0.4 is 10.6 Å². The molecule has 0 atom stereocenters. The minimum Gasteiger partial charge on any atom is -0.396 e. The Labute approximate surface area is 111 Å². The van der Waals surface area contributed by atoms with E-state index in [1.54, 1.807) is 0 Å². The van der Waals surface area contributed by atoms with Crippen LogP contribution in [0.1, 0.15) is 26.2 Å². The third kappa shape index (κ3) is 5.04. The molecule has 0 bridgehead atoms. The van der Waals surface area contributed by atoms with E-state index >= 15 is 0 Å². The van der Waals surface area contributed by atoms with E-state index in [1.807, 2.05) is 6.92 Å². The molecule has 0 radical (unpaired) electrons. The number of aliphatic hydroxyl groups excluding tert-OH is 1. The van der Waals surface area contributed by atoms with Gasteiger partial charge in [0, 0.05) is 19.7 Å². The van der Waals surface area contributed by atoms with Gasteiger partial charge in [-0.3, -0.25) is 10.1 Å². The Morgan fingerprint density at radius 1 is 1.37 bits per heavy atom. The fourth-order valence-corrected chi connectivity index (χ4v) is 1.50. The predicted molar refractivity (Wildman–Crippen MR) is 72.3 cm³/mol. The number of anilines is 2. The molecule has 106 valence electrons. The average Bonchev–Trinajstić information content (AvgIpc) is 2.39. The van der Waals surface area contributed by atoms with Gasteiger partial charge in [-0.2, -0.15) is 4.98 Å². The Balaban J connectivity index is 2.66. The molecule has 0 aromatic carbocycles. The molecule has 0 saturated carbocycles. The largest absolute Gasteiger partial charge is 0.396 e. The zero-order chi connectivity index (χ0) is 14.1. The molecule has 0 amide bonds. The highest BCUT2D eigenvalue weighted by atomic mass is 16.6. The minimum atomic E-state index is -0.508. The third-order valence-corrected chi connectivity index (χ3v) is 2.43. The zero-order valence-electron chi connectivity index (χ0n) is 10.9. The summed E-state index contributed by atoms with van der Waals surface area (Å²) in [4.78, 5) is 18.3. The lowest BCUT2D eigenvalue weighted by molar-refractivity contribution is -0.384. The van der Waals surface area contributed by atoms with E-state index in [2.05, 4.69) is 20.6 Å². The molecule has 0 aliphatic rings. The molecular formula is C11H19N5O3. The average molecular weight is 269 g/mol. The van der Waals surface area contributed by atoms with Gasteiger partial charge in [0.15, 0.2) is 0 Å². The minimum absolute atomic E-state index is 0.135. The van der Waals surface area contributed by atoms with Gasteiger partial charge in [0.2, 0.25) is 11.8 Å². The van der Waals surface area contributed by atoms with Gasteiger partial charge in [0.05, 0.1) is 4.92 Å². The summed E-state index contributed by atoms with van der Waals surface area (Å²) in [6.45, 7) is 3.28. The van der Waals surface area contributed by atoms with E-state index in [1.165, 1.54) is 6.20 Å². The van der Waals surface area contributed by atoms with Crippen LogP contribution in [0.4, 0.5) is 17.5 Å². The summed E-state index contributed by atoms with van der Waals surface area (Å²) >= 11 is 0. The lowest BCUT2D eigenvalue weighted by Gasteiger charge is -2.07. The monoisotopic (exact) mass is 269 g/mol. The number of nitro groups is 1. The number of hydrogen-bond donors (Lipinski definition) is 3. The quantitative estimate of drug-likeness (QED) is 0.352. The second-order valence-corrected chi connectivity index (χ2v) is 3.93. The van der Waals surface area contributed by atoms with E-state index in [0.717, 1.165) is 19.3 Å². The van der Waals surface area contributed by atoms with Gasteiger partial charge < -0.3 is 15.7 Å². The normalized spacial score (nSPS) is 10.2. The summed E-state index contributed by atoms with van der Waals surface area (Å²) in [6, 6.07) is 0. The van der Waals surface area contributed by atoms with Crippen molar-refractivity contribution >= 4 is 17.5 Å². The molecule has 0 unspecified atom stereocenters. The fourth-order valence-electron chi connectivity index (χ4n) is 1.50. The Bertz CT molecular complexity index is 413. The van der Waals surface area contributed by atoms with Crippen molar-refractivity contribution in [1.82, 2.24) is 9.97 Å².